The second-order valence-electron chi connectivity index (χ2n) is 8.16. The molecule has 1 aliphatic rings. The van der Waals surface area contributed by atoms with Crippen LogP contribution in [0.1, 0.15) is 10.6 Å². The van der Waals surface area contributed by atoms with Crippen LogP contribution in [0.2, 0.25) is 5.02 Å². The Hall–Kier alpha value is -3.88. The van der Waals surface area contributed by atoms with Crippen molar-refractivity contribution in [3.63, 3.8) is 0 Å². The zero-order valence-corrected chi connectivity index (χ0v) is 20.7. The molecule has 0 bridgehead atoms. The molecule has 1 aromatic heterocycles. The van der Waals surface area contributed by atoms with Crippen LogP contribution in [0, 0.1) is 0 Å². The van der Waals surface area contributed by atoms with E-state index in [-0.39, 0.29) is 38.1 Å². The molecule has 0 radical (unpaired) electrons. The predicted octanol–water partition coefficient (Wildman–Crippen LogP) is 5.40. The maximum Gasteiger partial charge on any atom is 0.244 e. The quantitative estimate of drug-likeness (QED) is 0.337. The highest BCUT2D eigenvalue weighted by molar-refractivity contribution is 7.09. The van der Waals surface area contributed by atoms with Crippen LogP contribution in [0.5, 0.6) is 11.5 Å². The van der Waals surface area contributed by atoms with Crippen molar-refractivity contribution in [3.05, 3.63) is 93.8 Å². The number of rotatable bonds is 8. The van der Waals surface area contributed by atoms with Crippen LogP contribution in [0.3, 0.4) is 0 Å². The lowest BCUT2D eigenvalue weighted by Gasteiger charge is -2.21. The van der Waals surface area contributed by atoms with E-state index in [1.165, 1.54) is 16.2 Å². The highest BCUT2D eigenvalue weighted by Crippen LogP contribution is 2.34. The summed E-state index contributed by atoms with van der Waals surface area (Å²) in [4.78, 5) is 32.4. The van der Waals surface area contributed by atoms with Crippen LogP contribution in [-0.2, 0) is 22.6 Å². The number of carbonyl (C=O) groups is 2. The van der Waals surface area contributed by atoms with Crippen molar-refractivity contribution in [2.45, 2.75) is 13.0 Å². The summed E-state index contributed by atoms with van der Waals surface area (Å²) >= 11 is 7.44. The van der Waals surface area contributed by atoms with E-state index < -0.39 is 0 Å². The first-order chi connectivity index (χ1) is 17.5. The summed E-state index contributed by atoms with van der Waals surface area (Å²) in [6.07, 6.45) is 0.188. The third kappa shape index (κ3) is 5.84. The summed E-state index contributed by atoms with van der Waals surface area (Å²) < 4.78 is 10.7. The molecule has 2 heterocycles. The Bertz CT molecular complexity index is 1380. The first-order valence-electron chi connectivity index (χ1n) is 11.2. The standard InChI is InChI=1S/C27H22ClN3O4S/c28-20-8-6-19(7-9-20)22-16-36-26(30-22)15-31(27(33)12-18-4-2-1-3-5-18)14-25(32)29-21-10-11-23-24(13-21)35-17-34-23/h1-11,13,16H,12,14-15,17H2,(H,29,32). The number of nitrogens with zero attached hydrogens (tertiary/aromatic N) is 2. The van der Waals surface area contributed by atoms with Gasteiger partial charge < -0.3 is 19.7 Å². The molecule has 0 spiro atoms. The summed E-state index contributed by atoms with van der Waals surface area (Å²) in [6, 6.07) is 22.1. The van der Waals surface area contributed by atoms with Gasteiger partial charge in [0.1, 0.15) is 11.6 Å². The Balaban J connectivity index is 1.31. The Morgan fingerprint density at radius 3 is 2.58 bits per heavy atom. The zero-order chi connectivity index (χ0) is 24.9. The van der Waals surface area contributed by atoms with Crippen molar-refractivity contribution in [1.29, 1.82) is 0 Å². The molecule has 4 aromatic rings. The molecule has 0 fully saturated rings. The van der Waals surface area contributed by atoms with E-state index in [2.05, 4.69) is 10.3 Å². The van der Waals surface area contributed by atoms with Crippen molar-refractivity contribution < 1.29 is 19.1 Å². The van der Waals surface area contributed by atoms with Crippen LogP contribution in [0.25, 0.3) is 11.3 Å². The molecule has 7 nitrogen and oxygen atoms in total. The third-order valence-corrected chi connectivity index (χ3v) is 6.65. The van der Waals surface area contributed by atoms with Crippen molar-refractivity contribution in [3.8, 4) is 22.8 Å². The second-order valence-corrected chi connectivity index (χ2v) is 9.54. The molecule has 36 heavy (non-hydrogen) atoms. The Morgan fingerprint density at radius 1 is 1.00 bits per heavy atom. The largest absolute Gasteiger partial charge is 0.454 e. The van der Waals surface area contributed by atoms with E-state index in [1.54, 1.807) is 18.2 Å². The van der Waals surface area contributed by atoms with E-state index in [1.807, 2.05) is 60.0 Å². The average molecular weight is 520 g/mol. The van der Waals surface area contributed by atoms with Gasteiger partial charge in [0.25, 0.3) is 0 Å². The number of anilines is 1. The fraction of sp³-hybridized carbons (Fsp3) is 0.148. The van der Waals surface area contributed by atoms with Gasteiger partial charge in [-0.15, -0.1) is 11.3 Å². The number of benzene rings is 3. The normalized spacial score (nSPS) is 11.8. The van der Waals surface area contributed by atoms with Crippen molar-refractivity contribution >= 4 is 40.4 Å². The van der Waals surface area contributed by atoms with Gasteiger partial charge >= 0.3 is 0 Å². The predicted molar refractivity (Wildman–Crippen MR) is 139 cm³/mol. The summed E-state index contributed by atoms with van der Waals surface area (Å²) in [6.45, 7) is 0.259. The number of hydrogen-bond acceptors (Lipinski definition) is 6. The highest BCUT2D eigenvalue weighted by Gasteiger charge is 2.21. The van der Waals surface area contributed by atoms with E-state index in [9.17, 15) is 9.59 Å². The smallest absolute Gasteiger partial charge is 0.244 e. The molecular weight excluding hydrogens is 498 g/mol. The van der Waals surface area contributed by atoms with Gasteiger partial charge in [-0.05, 0) is 29.8 Å². The topological polar surface area (TPSA) is 80.8 Å². The third-order valence-electron chi connectivity index (χ3n) is 5.56. The summed E-state index contributed by atoms with van der Waals surface area (Å²) in [5.41, 5.74) is 3.18. The summed E-state index contributed by atoms with van der Waals surface area (Å²) in [7, 11) is 0. The molecule has 0 unspecified atom stereocenters. The maximum atomic E-state index is 13.2. The lowest BCUT2D eigenvalue weighted by Crippen LogP contribution is -2.38. The van der Waals surface area contributed by atoms with Gasteiger partial charge in [-0.2, -0.15) is 0 Å². The highest BCUT2D eigenvalue weighted by atomic mass is 35.5. The molecule has 1 aliphatic heterocycles. The van der Waals surface area contributed by atoms with Crippen LogP contribution >= 0.6 is 22.9 Å². The molecular formula is C27H22ClN3O4S. The fourth-order valence-electron chi connectivity index (χ4n) is 3.76. The zero-order valence-electron chi connectivity index (χ0n) is 19.1. The molecule has 3 aromatic carbocycles. The lowest BCUT2D eigenvalue weighted by molar-refractivity contribution is -0.134. The lowest BCUT2D eigenvalue weighted by atomic mass is 10.1. The van der Waals surface area contributed by atoms with Gasteiger partial charge in [0.15, 0.2) is 11.5 Å². The van der Waals surface area contributed by atoms with Gasteiger partial charge in [-0.1, -0.05) is 54.1 Å². The molecule has 182 valence electrons. The van der Waals surface area contributed by atoms with Crippen LogP contribution < -0.4 is 14.8 Å². The summed E-state index contributed by atoms with van der Waals surface area (Å²) in [5.74, 6) is 0.727. The van der Waals surface area contributed by atoms with E-state index in [0.717, 1.165) is 21.8 Å². The Kier molecular flexibility index (Phi) is 7.16. The van der Waals surface area contributed by atoms with Gasteiger partial charge in [0, 0.05) is 27.7 Å². The van der Waals surface area contributed by atoms with E-state index in [4.69, 9.17) is 21.1 Å². The number of nitrogens with one attached hydrogen (secondary N) is 1. The molecule has 0 atom stereocenters. The number of carbonyl (C=O) groups excluding carboxylic acids is 2. The number of ether oxygens (including phenoxy) is 2. The van der Waals surface area contributed by atoms with Crippen molar-refractivity contribution in [2.24, 2.45) is 0 Å². The molecule has 0 saturated heterocycles. The molecule has 2 amide bonds. The Labute approximate surface area is 217 Å². The van der Waals surface area contributed by atoms with Crippen LogP contribution in [-0.4, -0.2) is 35.0 Å². The number of fused-ring (bicyclic) bond motifs is 1. The van der Waals surface area contributed by atoms with Crippen LogP contribution in [0.15, 0.2) is 78.2 Å². The molecule has 1 N–H and O–H groups in total. The number of halogens is 1. The van der Waals surface area contributed by atoms with Crippen molar-refractivity contribution in [1.82, 2.24) is 9.88 Å². The second kappa shape index (κ2) is 10.8. The average Bonchev–Trinajstić information content (AvgIpc) is 3.54. The molecule has 5 rings (SSSR count). The number of amides is 2. The minimum absolute atomic E-state index is 0.115. The van der Waals surface area contributed by atoms with Gasteiger partial charge in [-0.3, -0.25) is 9.59 Å². The molecule has 0 aliphatic carbocycles. The number of hydrogen-bond donors (Lipinski definition) is 1. The minimum atomic E-state index is -0.315. The number of aromatic nitrogens is 1. The van der Waals surface area contributed by atoms with E-state index >= 15 is 0 Å². The SMILES string of the molecule is O=C(CN(Cc1nc(-c2ccc(Cl)cc2)cs1)C(=O)Cc1ccccc1)Nc1ccc2c(c1)OCO2. The van der Waals surface area contributed by atoms with Gasteiger partial charge in [0.05, 0.1) is 18.7 Å². The number of thiazole rings is 1. The van der Waals surface area contributed by atoms with E-state index in [0.29, 0.717) is 22.2 Å². The van der Waals surface area contributed by atoms with Crippen molar-refractivity contribution in [2.75, 3.05) is 18.7 Å². The van der Waals surface area contributed by atoms with Gasteiger partial charge in [0.2, 0.25) is 18.6 Å². The Morgan fingerprint density at radius 2 is 1.78 bits per heavy atom. The minimum Gasteiger partial charge on any atom is -0.454 e. The first-order valence-corrected chi connectivity index (χ1v) is 12.5. The maximum absolute atomic E-state index is 13.2. The first kappa shape index (κ1) is 23.8. The van der Waals surface area contributed by atoms with Crippen LogP contribution in [0.4, 0.5) is 5.69 Å². The molecule has 9 heteroatoms. The fourth-order valence-corrected chi connectivity index (χ4v) is 4.71. The van der Waals surface area contributed by atoms with Gasteiger partial charge in [-0.25, -0.2) is 4.98 Å². The monoisotopic (exact) mass is 519 g/mol. The molecule has 0 saturated carbocycles. The summed E-state index contributed by atoms with van der Waals surface area (Å²) in [5, 5.41) is 6.17.